The van der Waals surface area contributed by atoms with Gasteiger partial charge < -0.3 is 15.6 Å². The molecule has 0 bridgehead atoms. The highest BCUT2D eigenvalue weighted by Gasteiger charge is 2.17. The van der Waals surface area contributed by atoms with Gasteiger partial charge in [0, 0.05) is 12.2 Å². The Morgan fingerprint density at radius 2 is 2.29 bits per heavy atom. The molecule has 0 spiro atoms. The van der Waals surface area contributed by atoms with Crippen LogP contribution in [0, 0.1) is 5.82 Å². The van der Waals surface area contributed by atoms with E-state index in [0.29, 0.717) is 0 Å². The fourth-order valence-electron chi connectivity index (χ4n) is 1.19. The zero-order valence-corrected chi connectivity index (χ0v) is 9.01. The predicted octanol–water partition coefficient (Wildman–Crippen LogP) is 0.482. The fourth-order valence-corrected chi connectivity index (χ4v) is 1.19. The van der Waals surface area contributed by atoms with Gasteiger partial charge in [0.05, 0.1) is 13.5 Å². The molecule has 0 saturated carbocycles. The number of rotatable bonds is 4. The lowest BCUT2D eigenvalue weighted by molar-refractivity contribution is -0.141. The van der Waals surface area contributed by atoms with E-state index < -0.39 is 29.5 Å². The van der Waals surface area contributed by atoms with E-state index in [4.69, 9.17) is 10.8 Å². The molecule has 3 N–H and O–H groups in total. The van der Waals surface area contributed by atoms with Crippen LogP contribution >= 0.6 is 0 Å². The van der Waals surface area contributed by atoms with Crippen LogP contribution in [-0.2, 0) is 9.53 Å². The minimum Gasteiger partial charge on any atom is -0.476 e. The lowest BCUT2D eigenvalue weighted by atomic mass is 10.1. The van der Waals surface area contributed by atoms with Gasteiger partial charge in [-0.1, -0.05) is 0 Å². The SMILES string of the molecule is COC(=O)C[C@@H](N)c1cnc(C(=O)O)c(F)c1. The predicted molar refractivity (Wildman–Crippen MR) is 54.7 cm³/mol. The third-order valence-electron chi connectivity index (χ3n) is 2.11. The average Bonchev–Trinajstić information content (AvgIpc) is 2.28. The number of carboxylic acid groups (broad SMARTS) is 1. The Balaban J connectivity index is 2.89. The zero-order chi connectivity index (χ0) is 13.0. The van der Waals surface area contributed by atoms with Crippen molar-refractivity contribution in [3.63, 3.8) is 0 Å². The molecule has 0 radical (unpaired) electrons. The van der Waals surface area contributed by atoms with Crippen LogP contribution in [0.3, 0.4) is 0 Å². The Morgan fingerprint density at radius 1 is 1.65 bits per heavy atom. The second kappa shape index (κ2) is 5.35. The average molecular weight is 242 g/mol. The Kier molecular flexibility index (Phi) is 4.11. The first kappa shape index (κ1) is 13.0. The van der Waals surface area contributed by atoms with Crippen LogP contribution in [0.15, 0.2) is 12.3 Å². The number of ether oxygens (including phenoxy) is 1. The Hall–Kier alpha value is -2.02. The van der Waals surface area contributed by atoms with Crippen LogP contribution in [0.1, 0.15) is 28.5 Å². The molecule has 0 aliphatic rings. The summed E-state index contributed by atoms with van der Waals surface area (Å²) in [5, 5.41) is 8.57. The molecule has 1 aromatic heterocycles. The second-order valence-electron chi connectivity index (χ2n) is 3.29. The van der Waals surface area contributed by atoms with Crippen molar-refractivity contribution >= 4 is 11.9 Å². The van der Waals surface area contributed by atoms with Crippen molar-refractivity contribution < 1.29 is 23.8 Å². The maximum atomic E-state index is 13.3. The highest BCUT2D eigenvalue weighted by atomic mass is 19.1. The zero-order valence-electron chi connectivity index (χ0n) is 9.01. The molecule has 1 atom stereocenters. The van der Waals surface area contributed by atoms with E-state index in [2.05, 4.69) is 9.72 Å². The highest BCUT2D eigenvalue weighted by molar-refractivity contribution is 5.85. The number of esters is 1. The molecular formula is C10H11FN2O4. The molecular weight excluding hydrogens is 231 g/mol. The van der Waals surface area contributed by atoms with Crippen molar-refractivity contribution in [2.75, 3.05) is 7.11 Å². The smallest absolute Gasteiger partial charge is 0.357 e. The lowest BCUT2D eigenvalue weighted by Crippen LogP contribution is -2.17. The van der Waals surface area contributed by atoms with Crippen molar-refractivity contribution in [3.8, 4) is 0 Å². The van der Waals surface area contributed by atoms with E-state index in [-0.39, 0.29) is 12.0 Å². The molecule has 1 aromatic rings. The van der Waals surface area contributed by atoms with Crippen LogP contribution in [0.2, 0.25) is 0 Å². The summed E-state index contributed by atoms with van der Waals surface area (Å²) in [6, 6.07) is 0.164. The number of aromatic carboxylic acids is 1. The molecule has 1 heterocycles. The number of aromatic nitrogens is 1. The summed E-state index contributed by atoms with van der Waals surface area (Å²) >= 11 is 0. The Morgan fingerprint density at radius 3 is 2.76 bits per heavy atom. The first-order valence-corrected chi connectivity index (χ1v) is 4.66. The number of pyridine rings is 1. The quantitative estimate of drug-likeness (QED) is 0.744. The Labute approximate surface area is 96.2 Å². The highest BCUT2D eigenvalue weighted by Crippen LogP contribution is 2.16. The number of carbonyl (C=O) groups is 2. The van der Waals surface area contributed by atoms with Crippen molar-refractivity contribution in [1.82, 2.24) is 4.98 Å². The molecule has 0 aliphatic carbocycles. The molecule has 0 aliphatic heterocycles. The van der Waals surface area contributed by atoms with Gasteiger partial charge >= 0.3 is 11.9 Å². The number of hydrogen-bond donors (Lipinski definition) is 2. The molecule has 1 rings (SSSR count). The van der Waals surface area contributed by atoms with E-state index in [0.717, 1.165) is 12.3 Å². The van der Waals surface area contributed by atoms with E-state index in [1.54, 1.807) is 0 Å². The summed E-state index contributed by atoms with van der Waals surface area (Å²) in [5.74, 6) is -2.99. The number of halogens is 1. The van der Waals surface area contributed by atoms with Gasteiger partial charge in [-0.15, -0.1) is 0 Å². The largest absolute Gasteiger partial charge is 0.476 e. The van der Waals surface area contributed by atoms with Gasteiger partial charge in [-0.3, -0.25) is 4.79 Å². The Bertz CT molecular complexity index is 450. The minimum absolute atomic E-state index is 0.135. The number of carboxylic acids is 1. The maximum Gasteiger partial charge on any atom is 0.357 e. The number of nitrogens with zero attached hydrogens (tertiary/aromatic N) is 1. The van der Waals surface area contributed by atoms with Gasteiger partial charge in [0.1, 0.15) is 0 Å². The molecule has 0 saturated heterocycles. The topological polar surface area (TPSA) is 103 Å². The molecule has 17 heavy (non-hydrogen) atoms. The summed E-state index contributed by atoms with van der Waals surface area (Å²) in [4.78, 5) is 24.9. The normalized spacial score (nSPS) is 11.9. The standard InChI is InChI=1S/C10H11FN2O4/c1-17-8(14)3-7(12)5-2-6(11)9(10(15)16)13-4-5/h2,4,7H,3,12H2,1H3,(H,15,16)/t7-/m1/s1. The van der Waals surface area contributed by atoms with Crippen molar-refractivity contribution in [2.24, 2.45) is 5.73 Å². The molecule has 7 heteroatoms. The number of nitrogens with two attached hydrogens (primary N) is 1. The van der Waals surface area contributed by atoms with Crippen LogP contribution in [-0.4, -0.2) is 29.1 Å². The van der Waals surface area contributed by atoms with E-state index in [1.165, 1.54) is 7.11 Å². The monoisotopic (exact) mass is 242 g/mol. The summed E-state index contributed by atoms with van der Waals surface area (Å²) in [7, 11) is 1.21. The van der Waals surface area contributed by atoms with E-state index in [1.807, 2.05) is 0 Å². The van der Waals surface area contributed by atoms with Gasteiger partial charge in [0.2, 0.25) is 0 Å². The van der Waals surface area contributed by atoms with Crippen molar-refractivity contribution in [3.05, 3.63) is 29.3 Å². The number of carbonyl (C=O) groups excluding carboxylic acids is 1. The lowest BCUT2D eigenvalue weighted by Gasteiger charge is -2.10. The van der Waals surface area contributed by atoms with E-state index in [9.17, 15) is 14.0 Å². The summed E-state index contributed by atoms with van der Waals surface area (Å²) in [5.41, 5.74) is 5.16. The molecule has 0 aromatic carbocycles. The van der Waals surface area contributed by atoms with Gasteiger partial charge in [-0.2, -0.15) is 0 Å². The minimum atomic E-state index is -1.46. The van der Waals surface area contributed by atoms with Gasteiger partial charge in [-0.25, -0.2) is 14.2 Å². The fraction of sp³-hybridized carbons (Fsp3) is 0.300. The molecule has 0 unspecified atom stereocenters. The number of hydrogen-bond acceptors (Lipinski definition) is 5. The maximum absolute atomic E-state index is 13.3. The van der Waals surface area contributed by atoms with Gasteiger partial charge in [0.15, 0.2) is 11.5 Å². The van der Waals surface area contributed by atoms with Crippen LogP contribution in [0.25, 0.3) is 0 Å². The molecule has 92 valence electrons. The third kappa shape index (κ3) is 3.22. The third-order valence-corrected chi connectivity index (χ3v) is 2.11. The van der Waals surface area contributed by atoms with Gasteiger partial charge in [0.25, 0.3) is 0 Å². The van der Waals surface area contributed by atoms with Crippen LogP contribution in [0.5, 0.6) is 0 Å². The molecule has 0 fully saturated rings. The first-order valence-electron chi connectivity index (χ1n) is 4.66. The van der Waals surface area contributed by atoms with Crippen LogP contribution in [0.4, 0.5) is 4.39 Å². The van der Waals surface area contributed by atoms with Gasteiger partial charge in [-0.05, 0) is 11.6 Å². The van der Waals surface area contributed by atoms with E-state index >= 15 is 0 Å². The van der Waals surface area contributed by atoms with Crippen molar-refractivity contribution in [1.29, 1.82) is 0 Å². The number of methoxy groups -OCH3 is 1. The summed E-state index contributed by atoms with van der Waals surface area (Å²) in [6.07, 6.45) is 0.990. The molecule has 6 nitrogen and oxygen atoms in total. The van der Waals surface area contributed by atoms with Crippen LogP contribution < -0.4 is 5.73 Å². The first-order chi connectivity index (χ1) is 7.95. The molecule has 0 amide bonds. The van der Waals surface area contributed by atoms with Crippen molar-refractivity contribution in [2.45, 2.75) is 12.5 Å². The summed E-state index contributed by atoms with van der Waals surface area (Å²) < 4.78 is 17.7. The second-order valence-corrected chi connectivity index (χ2v) is 3.29. The summed E-state index contributed by atoms with van der Waals surface area (Å²) in [6.45, 7) is 0.